The highest BCUT2D eigenvalue weighted by Crippen LogP contribution is 2.27. The number of nitrogens with zero attached hydrogens (tertiary/aromatic N) is 5. The molecule has 3 aromatic rings. The van der Waals surface area contributed by atoms with Crippen molar-refractivity contribution in [3.8, 4) is 11.1 Å². The summed E-state index contributed by atoms with van der Waals surface area (Å²) in [6.07, 6.45) is 1.77. The number of halogens is 2. The fourth-order valence-corrected chi connectivity index (χ4v) is 3.84. The zero-order chi connectivity index (χ0) is 19.1. The van der Waals surface area contributed by atoms with E-state index < -0.39 is 0 Å². The van der Waals surface area contributed by atoms with Gasteiger partial charge in [-0.1, -0.05) is 23.2 Å². The largest absolute Gasteiger partial charge is 0.338 e. The van der Waals surface area contributed by atoms with E-state index in [-0.39, 0.29) is 5.56 Å². The Labute approximate surface area is 167 Å². The Balaban J connectivity index is 1.80. The Morgan fingerprint density at radius 3 is 2.30 bits per heavy atom. The smallest absolute Gasteiger partial charge is 0.259 e. The van der Waals surface area contributed by atoms with E-state index in [0.29, 0.717) is 32.8 Å². The van der Waals surface area contributed by atoms with Gasteiger partial charge < -0.3 is 9.80 Å². The number of aromatic nitrogens is 3. The van der Waals surface area contributed by atoms with Gasteiger partial charge in [-0.3, -0.25) is 9.36 Å². The SMILES string of the molecule is CN1CCN(c2ncc3cc(-c4cc(Cl)cc(Cl)c4)c(=O)n(C)c3n2)CC1. The molecule has 0 bridgehead atoms. The highest BCUT2D eigenvalue weighted by Gasteiger charge is 2.18. The lowest BCUT2D eigenvalue weighted by Crippen LogP contribution is -2.45. The van der Waals surface area contributed by atoms with Crippen LogP contribution in [-0.4, -0.2) is 52.7 Å². The molecule has 1 aliphatic rings. The van der Waals surface area contributed by atoms with Crippen LogP contribution >= 0.6 is 23.2 Å². The fraction of sp³-hybridized carbons (Fsp3) is 0.316. The van der Waals surface area contributed by atoms with Crippen molar-refractivity contribution in [2.75, 3.05) is 38.1 Å². The van der Waals surface area contributed by atoms with Gasteiger partial charge in [0.05, 0.1) is 0 Å². The normalized spacial score (nSPS) is 15.5. The summed E-state index contributed by atoms with van der Waals surface area (Å²) >= 11 is 12.2. The van der Waals surface area contributed by atoms with Crippen LogP contribution in [0.2, 0.25) is 10.0 Å². The second-order valence-electron chi connectivity index (χ2n) is 6.82. The van der Waals surface area contributed by atoms with Crippen molar-refractivity contribution in [2.45, 2.75) is 0 Å². The minimum absolute atomic E-state index is 0.149. The predicted octanol–water partition coefficient (Wildman–Crippen LogP) is 3.05. The monoisotopic (exact) mass is 403 g/mol. The minimum atomic E-state index is -0.149. The van der Waals surface area contributed by atoms with Crippen molar-refractivity contribution in [1.82, 2.24) is 19.4 Å². The molecule has 1 aliphatic heterocycles. The molecule has 0 unspecified atom stereocenters. The number of likely N-dealkylation sites (N-methyl/N-ethyl adjacent to an activating group) is 1. The van der Waals surface area contributed by atoms with Crippen LogP contribution in [0.25, 0.3) is 22.2 Å². The zero-order valence-electron chi connectivity index (χ0n) is 15.1. The molecule has 3 heterocycles. The molecule has 0 spiro atoms. The molecule has 27 heavy (non-hydrogen) atoms. The van der Waals surface area contributed by atoms with Crippen LogP contribution < -0.4 is 10.5 Å². The summed E-state index contributed by atoms with van der Waals surface area (Å²) in [5.74, 6) is 0.657. The summed E-state index contributed by atoms with van der Waals surface area (Å²) in [5, 5.41) is 1.77. The number of anilines is 1. The Morgan fingerprint density at radius 1 is 0.963 bits per heavy atom. The molecule has 2 aromatic heterocycles. The number of piperazine rings is 1. The van der Waals surface area contributed by atoms with Crippen molar-refractivity contribution < 1.29 is 0 Å². The van der Waals surface area contributed by atoms with Crippen LogP contribution in [0.4, 0.5) is 5.95 Å². The van der Waals surface area contributed by atoms with Gasteiger partial charge in [0, 0.05) is 60.4 Å². The van der Waals surface area contributed by atoms with Gasteiger partial charge in [-0.25, -0.2) is 4.98 Å². The molecule has 4 rings (SSSR count). The topological polar surface area (TPSA) is 54.3 Å². The maximum absolute atomic E-state index is 12.9. The van der Waals surface area contributed by atoms with Crippen LogP contribution in [-0.2, 0) is 7.05 Å². The van der Waals surface area contributed by atoms with Crippen molar-refractivity contribution in [3.05, 3.63) is 50.9 Å². The molecule has 0 atom stereocenters. The molecule has 0 amide bonds. The molecular weight excluding hydrogens is 385 g/mol. The van der Waals surface area contributed by atoms with Gasteiger partial charge in [0.15, 0.2) is 0 Å². The lowest BCUT2D eigenvalue weighted by atomic mass is 10.1. The van der Waals surface area contributed by atoms with Crippen LogP contribution in [0.5, 0.6) is 0 Å². The number of hydrogen-bond donors (Lipinski definition) is 0. The van der Waals surface area contributed by atoms with Gasteiger partial charge in [0.1, 0.15) is 5.65 Å². The maximum Gasteiger partial charge on any atom is 0.259 e. The van der Waals surface area contributed by atoms with Gasteiger partial charge in [-0.2, -0.15) is 4.98 Å². The lowest BCUT2D eigenvalue weighted by Gasteiger charge is -2.32. The van der Waals surface area contributed by atoms with Crippen molar-refractivity contribution in [3.63, 3.8) is 0 Å². The van der Waals surface area contributed by atoms with Crippen molar-refractivity contribution in [1.29, 1.82) is 0 Å². The van der Waals surface area contributed by atoms with Gasteiger partial charge in [-0.05, 0) is 36.9 Å². The second kappa shape index (κ2) is 7.11. The van der Waals surface area contributed by atoms with E-state index in [4.69, 9.17) is 23.2 Å². The van der Waals surface area contributed by atoms with Crippen LogP contribution in [0.3, 0.4) is 0 Å². The first-order valence-electron chi connectivity index (χ1n) is 8.69. The third kappa shape index (κ3) is 3.52. The molecule has 6 nitrogen and oxygen atoms in total. The first-order valence-corrected chi connectivity index (χ1v) is 9.45. The molecule has 8 heteroatoms. The second-order valence-corrected chi connectivity index (χ2v) is 7.69. The maximum atomic E-state index is 12.9. The third-order valence-electron chi connectivity index (χ3n) is 4.90. The number of aryl methyl sites for hydroxylation is 1. The number of hydrogen-bond acceptors (Lipinski definition) is 5. The summed E-state index contributed by atoms with van der Waals surface area (Å²) in [4.78, 5) is 26.5. The van der Waals surface area contributed by atoms with E-state index in [1.54, 1.807) is 42.1 Å². The molecule has 1 fully saturated rings. The summed E-state index contributed by atoms with van der Waals surface area (Å²) in [5.41, 5.74) is 1.66. The standard InChI is InChI=1S/C19H19Cl2N5O/c1-24-3-5-26(6-4-24)19-22-11-13-9-16(18(27)25(2)17(13)23-19)12-7-14(20)10-15(21)8-12/h7-11H,3-6H2,1-2H3. The predicted molar refractivity (Wildman–Crippen MR) is 110 cm³/mol. The average molecular weight is 404 g/mol. The fourth-order valence-electron chi connectivity index (χ4n) is 3.31. The lowest BCUT2D eigenvalue weighted by molar-refractivity contribution is 0.311. The van der Waals surface area contributed by atoms with Gasteiger partial charge in [0.25, 0.3) is 5.56 Å². The van der Waals surface area contributed by atoms with Gasteiger partial charge >= 0.3 is 0 Å². The highest BCUT2D eigenvalue weighted by atomic mass is 35.5. The van der Waals surface area contributed by atoms with E-state index in [1.165, 1.54) is 0 Å². The first kappa shape index (κ1) is 18.2. The van der Waals surface area contributed by atoms with Crippen LogP contribution in [0.1, 0.15) is 0 Å². The van der Waals surface area contributed by atoms with Crippen LogP contribution in [0.15, 0.2) is 35.3 Å². The summed E-state index contributed by atoms with van der Waals surface area (Å²) < 4.78 is 1.56. The number of rotatable bonds is 2. The number of fused-ring (bicyclic) bond motifs is 1. The molecule has 0 radical (unpaired) electrons. The Bertz CT molecular complexity index is 1050. The highest BCUT2D eigenvalue weighted by molar-refractivity contribution is 6.35. The molecule has 1 saturated heterocycles. The number of benzene rings is 1. The van der Waals surface area contributed by atoms with E-state index in [0.717, 1.165) is 31.6 Å². The molecule has 1 aromatic carbocycles. The van der Waals surface area contributed by atoms with Gasteiger partial charge in [-0.15, -0.1) is 0 Å². The molecule has 140 valence electrons. The van der Waals surface area contributed by atoms with Gasteiger partial charge in [0.2, 0.25) is 5.95 Å². The molecule has 0 N–H and O–H groups in total. The summed E-state index contributed by atoms with van der Waals surface area (Å²) in [7, 11) is 3.83. The molecular formula is C19H19Cl2N5O. The first-order chi connectivity index (χ1) is 12.9. The Kier molecular flexibility index (Phi) is 4.80. The summed E-state index contributed by atoms with van der Waals surface area (Å²) in [6, 6.07) is 6.90. The molecule has 0 saturated carbocycles. The zero-order valence-corrected chi connectivity index (χ0v) is 16.6. The molecule has 0 aliphatic carbocycles. The Hall–Kier alpha value is -2.15. The van der Waals surface area contributed by atoms with E-state index >= 15 is 0 Å². The minimum Gasteiger partial charge on any atom is -0.338 e. The van der Waals surface area contributed by atoms with Crippen molar-refractivity contribution >= 4 is 40.2 Å². The quantitative estimate of drug-likeness (QED) is 0.657. The van der Waals surface area contributed by atoms with Crippen LogP contribution in [0, 0.1) is 0 Å². The Morgan fingerprint density at radius 2 is 1.63 bits per heavy atom. The number of pyridine rings is 1. The third-order valence-corrected chi connectivity index (χ3v) is 5.33. The summed E-state index contributed by atoms with van der Waals surface area (Å²) in [6.45, 7) is 3.67. The van der Waals surface area contributed by atoms with Crippen molar-refractivity contribution in [2.24, 2.45) is 7.05 Å². The van der Waals surface area contributed by atoms with E-state index in [1.807, 2.05) is 0 Å². The van der Waals surface area contributed by atoms with E-state index in [2.05, 4.69) is 26.8 Å². The average Bonchev–Trinajstić information content (AvgIpc) is 2.64. The van der Waals surface area contributed by atoms with E-state index in [9.17, 15) is 4.79 Å².